The second kappa shape index (κ2) is 13.0. The molecule has 12 heteroatoms. The SMILES string of the molecule is COC(=O)C(C(=O)OC)[C@@H](C)[C@@H](NC(=O)[C@@H](NC(=O)OCc1ccccc1)[C@@H](C)O)C(N)=O. The number of ether oxygens (including phenoxy) is 3. The molecule has 0 aliphatic rings. The molecule has 0 saturated heterocycles. The lowest BCUT2D eigenvalue weighted by Gasteiger charge is -2.29. The Hall–Kier alpha value is -3.67. The molecule has 12 nitrogen and oxygen atoms in total. The van der Waals surface area contributed by atoms with Crippen LogP contribution in [0.3, 0.4) is 0 Å². The largest absolute Gasteiger partial charge is 0.468 e. The van der Waals surface area contributed by atoms with E-state index in [0.717, 1.165) is 14.2 Å². The van der Waals surface area contributed by atoms with E-state index in [-0.39, 0.29) is 6.61 Å². The lowest BCUT2D eigenvalue weighted by molar-refractivity contribution is -0.162. The molecule has 0 bridgehead atoms. The fourth-order valence-corrected chi connectivity index (χ4v) is 2.97. The number of alkyl carbamates (subject to hydrolysis) is 1. The Bertz CT molecular complexity index is 829. The number of amides is 3. The highest BCUT2D eigenvalue weighted by molar-refractivity contribution is 5.97. The van der Waals surface area contributed by atoms with Crippen molar-refractivity contribution < 1.29 is 43.3 Å². The molecule has 0 aliphatic heterocycles. The summed E-state index contributed by atoms with van der Waals surface area (Å²) in [5, 5.41) is 14.4. The van der Waals surface area contributed by atoms with Crippen LogP contribution in [-0.4, -0.2) is 67.4 Å². The van der Waals surface area contributed by atoms with E-state index in [1.807, 2.05) is 0 Å². The number of esters is 2. The molecule has 1 aromatic rings. The monoisotopic (exact) mass is 467 g/mol. The van der Waals surface area contributed by atoms with Gasteiger partial charge in [-0.15, -0.1) is 0 Å². The number of aliphatic hydroxyl groups is 1. The average Bonchev–Trinajstić information content (AvgIpc) is 2.79. The van der Waals surface area contributed by atoms with Crippen molar-refractivity contribution in [3.63, 3.8) is 0 Å². The van der Waals surface area contributed by atoms with Gasteiger partial charge in [-0.25, -0.2) is 4.79 Å². The van der Waals surface area contributed by atoms with Crippen molar-refractivity contribution in [2.45, 2.75) is 38.6 Å². The van der Waals surface area contributed by atoms with Crippen LogP contribution in [0.15, 0.2) is 30.3 Å². The summed E-state index contributed by atoms with van der Waals surface area (Å²) in [5.41, 5.74) is 6.06. The standard InChI is InChI=1S/C21H29N3O9/c1-11(14(19(28)31-3)20(29)32-4)15(17(22)26)23-18(27)16(12(2)25)24-21(30)33-10-13-8-6-5-7-9-13/h5-9,11-12,14-16,25H,10H2,1-4H3,(H2,22,26)(H,23,27)(H,24,30)/t11-,12-,15-,16+/m1/s1. The van der Waals surface area contributed by atoms with Crippen molar-refractivity contribution in [3.05, 3.63) is 35.9 Å². The Morgan fingerprint density at radius 1 is 0.939 bits per heavy atom. The molecule has 1 aromatic carbocycles. The third-order valence-electron chi connectivity index (χ3n) is 4.82. The number of primary amides is 1. The van der Waals surface area contributed by atoms with Crippen LogP contribution in [0, 0.1) is 11.8 Å². The molecule has 0 fully saturated rings. The lowest BCUT2D eigenvalue weighted by atomic mass is 9.86. The average molecular weight is 467 g/mol. The molecule has 0 aromatic heterocycles. The van der Waals surface area contributed by atoms with Gasteiger partial charge in [0, 0.05) is 5.92 Å². The Morgan fingerprint density at radius 3 is 1.94 bits per heavy atom. The first-order valence-corrected chi connectivity index (χ1v) is 9.94. The molecule has 0 heterocycles. The smallest absolute Gasteiger partial charge is 0.408 e. The van der Waals surface area contributed by atoms with E-state index < -0.39 is 59.9 Å². The number of hydrogen-bond donors (Lipinski definition) is 4. The minimum absolute atomic E-state index is 0.0816. The number of benzene rings is 1. The van der Waals surface area contributed by atoms with E-state index in [1.54, 1.807) is 30.3 Å². The first-order valence-electron chi connectivity index (χ1n) is 9.94. The molecule has 0 spiro atoms. The van der Waals surface area contributed by atoms with Crippen molar-refractivity contribution in [2.75, 3.05) is 14.2 Å². The van der Waals surface area contributed by atoms with E-state index in [9.17, 15) is 29.1 Å². The van der Waals surface area contributed by atoms with Gasteiger partial charge in [-0.3, -0.25) is 19.2 Å². The predicted octanol–water partition coefficient (Wildman–Crippen LogP) is -0.769. The maximum absolute atomic E-state index is 12.7. The molecule has 0 aliphatic carbocycles. The van der Waals surface area contributed by atoms with Gasteiger partial charge in [-0.1, -0.05) is 37.3 Å². The molecule has 182 valence electrons. The summed E-state index contributed by atoms with van der Waals surface area (Å²) in [6.07, 6.45) is -2.39. The van der Waals surface area contributed by atoms with Crippen molar-refractivity contribution in [1.82, 2.24) is 10.6 Å². The van der Waals surface area contributed by atoms with Crippen LogP contribution in [0.4, 0.5) is 4.79 Å². The van der Waals surface area contributed by atoms with Gasteiger partial charge in [-0.2, -0.15) is 0 Å². The molecule has 3 amide bonds. The summed E-state index contributed by atoms with van der Waals surface area (Å²) >= 11 is 0. The summed E-state index contributed by atoms with van der Waals surface area (Å²) < 4.78 is 14.2. The van der Waals surface area contributed by atoms with Gasteiger partial charge in [0.2, 0.25) is 11.8 Å². The van der Waals surface area contributed by atoms with Crippen molar-refractivity contribution in [1.29, 1.82) is 0 Å². The number of carbonyl (C=O) groups is 5. The lowest BCUT2D eigenvalue weighted by Crippen LogP contribution is -2.59. The Kier molecular flexibility index (Phi) is 10.8. The van der Waals surface area contributed by atoms with E-state index in [1.165, 1.54) is 13.8 Å². The molecule has 1 rings (SSSR count). The van der Waals surface area contributed by atoms with Gasteiger partial charge < -0.3 is 35.7 Å². The van der Waals surface area contributed by atoms with Gasteiger partial charge in [0.15, 0.2) is 5.92 Å². The van der Waals surface area contributed by atoms with Gasteiger partial charge >= 0.3 is 18.0 Å². The number of aliphatic hydroxyl groups excluding tert-OH is 1. The second-order valence-electron chi connectivity index (χ2n) is 7.20. The Labute approximate surface area is 190 Å². The summed E-state index contributed by atoms with van der Waals surface area (Å²) in [7, 11) is 2.08. The molecular formula is C21H29N3O9. The highest BCUT2D eigenvalue weighted by Gasteiger charge is 2.42. The molecule has 4 atom stereocenters. The van der Waals surface area contributed by atoms with Crippen LogP contribution < -0.4 is 16.4 Å². The van der Waals surface area contributed by atoms with E-state index in [2.05, 4.69) is 20.1 Å². The zero-order valence-corrected chi connectivity index (χ0v) is 18.8. The molecule has 33 heavy (non-hydrogen) atoms. The molecular weight excluding hydrogens is 438 g/mol. The van der Waals surface area contributed by atoms with E-state index in [4.69, 9.17) is 10.5 Å². The zero-order valence-electron chi connectivity index (χ0n) is 18.8. The zero-order chi connectivity index (χ0) is 25.1. The van der Waals surface area contributed by atoms with Crippen LogP contribution in [0.1, 0.15) is 19.4 Å². The fraction of sp³-hybridized carbons (Fsp3) is 0.476. The van der Waals surface area contributed by atoms with Gasteiger partial charge in [-0.05, 0) is 12.5 Å². The number of carbonyl (C=O) groups excluding carboxylic acids is 5. The molecule has 0 saturated carbocycles. The number of hydrogen-bond acceptors (Lipinski definition) is 9. The van der Waals surface area contributed by atoms with Crippen LogP contribution >= 0.6 is 0 Å². The second-order valence-corrected chi connectivity index (χ2v) is 7.20. The van der Waals surface area contributed by atoms with Gasteiger partial charge in [0.25, 0.3) is 0 Å². The van der Waals surface area contributed by atoms with E-state index >= 15 is 0 Å². The number of methoxy groups -OCH3 is 2. The minimum atomic E-state index is -1.56. The Balaban J connectivity index is 2.93. The fourth-order valence-electron chi connectivity index (χ4n) is 2.97. The highest BCUT2D eigenvalue weighted by Crippen LogP contribution is 2.20. The van der Waals surface area contributed by atoms with Crippen LogP contribution in [0.25, 0.3) is 0 Å². The van der Waals surface area contributed by atoms with Gasteiger partial charge in [0.1, 0.15) is 18.7 Å². The summed E-state index contributed by atoms with van der Waals surface area (Å²) in [5.74, 6) is -6.79. The van der Waals surface area contributed by atoms with Crippen molar-refractivity contribution >= 4 is 29.8 Å². The third-order valence-corrected chi connectivity index (χ3v) is 4.82. The molecule has 5 N–H and O–H groups in total. The maximum atomic E-state index is 12.7. The van der Waals surface area contributed by atoms with Crippen LogP contribution in [0.2, 0.25) is 0 Å². The highest BCUT2D eigenvalue weighted by atomic mass is 16.6. The number of rotatable bonds is 11. The number of nitrogens with two attached hydrogens (primary N) is 1. The first kappa shape index (κ1) is 27.4. The summed E-state index contributed by atoms with van der Waals surface area (Å²) in [6, 6.07) is 5.68. The van der Waals surface area contributed by atoms with E-state index in [0.29, 0.717) is 5.56 Å². The van der Waals surface area contributed by atoms with Gasteiger partial charge in [0.05, 0.1) is 20.3 Å². The van der Waals surface area contributed by atoms with Crippen molar-refractivity contribution in [2.24, 2.45) is 17.6 Å². The normalized spacial score (nSPS) is 14.2. The summed E-state index contributed by atoms with van der Waals surface area (Å²) in [4.78, 5) is 60.9. The number of nitrogens with one attached hydrogen (secondary N) is 2. The molecule has 0 radical (unpaired) electrons. The van der Waals surface area contributed by atoms with Crippen molar-refractivity contribution in [3.8, 4) is 0 Å². The summed E-state index contributed by atoms with van der Waals surface area (Å²) in [6.45, 7) is 2.46. The minimum Gasteiger partial charge on any atom is -0.468 e. The third kappa shape index (κ3) is 8.07. The van der Waals surface area contributed by atoms with Crippen LogP contribution in [-0.2, 0) is 40.0 Å². The predicted molar refractivity (Wildman–Crippen MR) is 113 cm³/mol. The quantitative estimate of drug-likeness (QED) is 0.184. The Morgan fingerprint density at radius 2 is 1.48 bits per heavy atom. The maximum Gasteiger partial charge on any atom is 0.408 e. The first-order chi connectivity index (χ1) is 15.5. The topological polar surface area (TPSA) is 183 Å². The van der Waals surface area contributed by atoms with Crippen LogP contribution in [0.5, 0.6) is 0 Å². The molecule has 0 unspecified atom stereocenters.